The maximum atomic E-state index is 4.75. The fourth-order valence-electron chi connectivity index (χ4n) is 2.68. The molecule has 0 fully saturated rings. The summed E-state index contributed by atoms with van der Waals surface area (Å²) in [6.45, 7) is 5.68. The number of benzene rings is 1. The predicted molar refractivity (Wildman–Crippen MR) is 102 cm³/mol. The van der Waals surface area contributed by atoms with Crippen LogP contribution in [0, 0.1) is 6.92 Å². The Labute approximate surface area is 147 Å². The van der Waals surface area contributed by atoms with Gasteiger partial charge in [0.1, 0.15) is 5.01 Å². The SMILES string of the molecule is CCNC(=NCc1sc(-c2ccccc2)nc1C)NC1CC=CC1. The normalized spacial score (nSPS) is 15.0. The number of rotatable bonds is 5. The van der Waals surface area contributed by atoms with Crippen LogP contribution in [0.1, 0.15) is 30.3 Å². The summed E-state index contributed by atoms with van der Waals surface area (Å²) in [6, 6.07) is 10.8. The van der Waals surface area contributed by atoms with E-state index in [1.165, 1.54) is 10.4 Å². The van der Waals surface area contributed by atoms with Crippen LogP contribution < -0.4 is 10.6 Å². The number of guanidine groups is 1. The average Bonchev–Trinajstić information content (AvgIpc) is 3.23. The Kier molecular flexibility index (Phi) is 5.64. The van der Waals surface area contributed by atoms with Crippen LogP contribution in [0.25, 0.3) is 10.6 Å². The van der Waals surface area contributed by atoms with E-state index in [4.69, 9.17) is 9.98 Å². The Hall–Kier alpha value is -2.14. The molecule has 0 aliphatic heterocycles. The number of nitrogens with zero attached hydrogens (tertiary/aromatic N) is 2. The first-order chi connectivity index (χ1) is 11.8. The van der Waals surface area contributed by atoms with Crippen molar-refractivity contribution < 1.29 is 0 Å². The van der Waals surface area contributed by atoms with Gasteiger partial charge in [-0.25, -0.2) is 9.98 Å². The van der Waals surface area contributed by atoms with Crippen molar-refractivity contribution in [3.63, 3.8) is 0 Å². The third kappa shape index (κ3) is 4.23. The standard InChI is InChI=1S/C19H24N4S/c1-3-20-19(23-16-11-7-8-12-16)21-13-17-14(2)22-18(24-17)15-9-5-4-6-10-15/h4-10,16H,3,11-13H2,1-2H3,(H2,20,21,23). The second-order valence-corrected chi connectivity index (χ2v) is 6.96. The summed E-state index contributed by atoms with van der Waals surface area (Å²) in [5.41, 5.74) is 2.24. The zero-order valence-electron chi connectivity index (χ0n) is 14.2. The molecule has 4 nitrogen and oxygen atoms in total. The maximum Gasteiger partial charge on any atom is 0.191 e. The molecular formula is C19H24N4S. The van der Waals surface area contributed by atoms with Crippen molar-refractivity contribution in [3.05, 3.63) is 53.1 Å². The van der Waals surface area contributed by atoms with Crippen molar-refractivity contribution >= 4 is 17.3 Å². The number of hydrogen-bond acceptors (Lipinski definition) is 3. The van der Waals surface area contributed by atoms with Crippen LogP contribution in [0.15, 0.2) is 47.5 Å². The first-order valence-corrected chi connectivity index (χ1v) is 9.29. The molecule has 0 radical (unpaired) electrons. The molecule has 3 rings (SSSR count). The predicted octanol–water partition coefficient (Wildman–Crippen LogP) is 3.89. The van der Waals surface area contributed by atoms with Gasteiger partial charge in [-0.2, -0.15) is 0 Å². The molecule has 0 unspecified atom stereocenters. The van der Waals surface area contributed by atoms with Crippen molar-refractivity contribution in [1.82, 2.24) is 15.6 Å². The van der Waals surface area contributed by atoms with E-state index in [2.05, 4.69) is 48.8 Å². The minimum Gasteiger partial charge on any atom is -0.357 e. The maximum absolute atomic E-state index is 4.75. The molecular weight excluding hydrogens is 316 g/mol. The topological polar surface area (TPSA) is 49.3 Å². The summed E-state index contributed by atoms with van der Waals surface area (Å²) in [6.07, 6.45) is 6.59. The highest BCUT2D eigenvalue weighted by atomic mass is 32.1. The minimum atomic E-state index is 0.463. The van der Waals surface area contributed by atoms with E-state index in [9.17, 15) is 0 Å². The Bertz CT molecular complexity index is 710. The first-order valence-electron chi connectivity index (χ1n) is 8.48. The summed E-state index contributed by atoms with van der Waals surface area (Å²) in [5, 5.41) is 7.90. The molecule has 2 aromatic rings. The molecule has 0 spiro atoms. The number of aliphatic imine (C=N–C) groups is 1. The molecule has 2 N–H and O–H groups in total. The van der Waals surface area contributed by atoms with Crippen LogP contribution in [0.3, 0.4) is 0 Å². The van der Waals surface area contributed by atoms with E-state index in [-0.39, 0.29) is 0 Å². The molecule has 24 heavy (non-hydrogen) atoms. The summed E-state index contributed by atoms with van der Waals surface area (Å²) in [7, 11) is 0. The molecule has 0 bridgehead atoms. The van der Waals surface area contributed by atoms with Gasteiger partial charge in [-0.3, -0.25) is 0 Å². The van der Waals surface area contributed by atoms with Crippen LogP contribution in [0.2, 0.25) is 0 Å². The van der Waals surface area contributed by atoms with Gasteiger partial charge in [0.25, 0.3) is 0 Å². The summed E-state index contributed by atoms with van der Waals surface area (Å²) in [4.78, 5) is 10.7. The van der Waals surface area contributed by atoms with Crippen molar-refractivity contribution in [2.24, 2.45) is 4.99 Å². The van der Waals surface area contributed by atoms with E-state index in [1.807, 2.05) is 18.2 Å². The molecule has 0 atom stereocenters. The van der Waals surface area contributed by atoms with E-state index >= 15 is 0 Å². The number of thiazole rings is 1. The van der Waals surface area contributed by atoms with Gasteiger partial charge in [0.2, 0.25) is 0 Å². The Morgan fingerprint density at radius 2 is 2.00 bits per heavy atom. The summed E-state index contributed by atoms with van der Waals surface area (Å²) >= 11 is 1.73. The summed E-state index contributed by atoms with van der Waals surface area (Å²) in [5.74, 6) is 0.889. The molecule has 5 heteroatoms. The molecule has 1 heterocycles. The van der Waals surface area contributed by atoms with Crippen molar-refractivity contribution in [1.29, 1.82) is 0 Å². The Balaban J connectivity index is 1.70. The van der Waals surface area contributed by atoms with Gasteiger partial charge >= 0.3 is 0 Å². The minimum absolute atomic E-state index is 0.463. The number of aryl methyl sites for hydroxylation is 1. The van der Waals surface area contributed by atoms with E-state index < -0.39 is 0 Å². The molecule has 1 aromatic carbocycles. The van der Waals surface area contributed by atoms with Crippen LogP contribution in [0.4, 0.5) is 0 Å². The first kappa shape index (κ1) is 16.7. The lowest BCUT2D eigenvalue weighted by Crippen LogP contribution is -2.42. The summed E-state index contributed by atoms with van der Waals surface area (Å²) < 4.78 is 0. The molecule has 1 aliphatic carbocycles. The fourth-order valence-corrected chi connectivity index (χ4v) is 3.67. The number of hydrogen-bond donors (Lipinski definition) is 2. The quantitative estimate of drug-likeness (QED) is 0.493. The molecule has 0 saturated heterocycles. The second kappa shape index (κ2) is 8.11. The van der Waals surface area contributed by atoms with Gasteiger partial charge in [0.05, 0.1) is 12.2 Å². The Morgan fingerprint density at radius 3 is 2.71 bits per heavy atom. The van der Waals surface area contributed by atoms with Crippen molar-refractivity contribution in [2.75, 3.05) is 6.54 Å². The lowest BCUT2D eigenvalue weighted by molar-refractivity contribution is 0.633. The zero-order valence-corrected chi connectivity index (χ0v) is 15.1. The van der Waals surface area contributed by atoms with Gasteiger partial charge in [-0.15, -0.1) is 11.3 Å². The molecule has 0 amide bonds. The van der Waals surface area contributed by atoms with E-state index in [1.54, 1.807) is 11.3 Å². The number of aromatic nitrogens is 1. The fraction of sp³-hybridized carbons (Fsp3) is 0.368. The van der Waals surface area contributed by atoms with Crippen LogP contribution in [-0.2, 0) is 6.54 Å². The van der Waals surface area contributed by atoms with Crippen LogP contribution >= 0.6 is 11.3 Å². The van der Waals surface area contributed by atoms with E-state index in [0.717, 1.165) is 36.0 Å². The second-order valence-electron chi connectivity index (χ2n) is 5.87. The van der Waals surface area contributed by atoms with Crippen molar-refractivity contribution in [2.45, 2.75) is 39.3 Å². The largest absolute Gasteiger partial charge is 0.357 e. The van der Waals surface area contributed by atoms with Crippen LogP contribution in [0.5, 0.6) is 0 Å². The van der Waals surface area contributed by atoms with Gasteiger partial charge in [-0.05, 0) is 26.7 Å². The van der Waals surface area contributed by atoms with E-state index in [0.29, 0.717) is 12.6 Å². The molecule has 1 aromatic heterocycles. The van der Waals surface area contributed by atoms with Gasteiger partial charge in [-0.1, -0.05) is 42.5 Å². The average molecular weight is 340 g/mol. The number of nitrogens with one attached hydrogen (secondary N) is 2. The Morgan fingerprint density at radius 1 is 1.25 bits per heavy atom. The third-order valence-corrected chi connectivity index (χ3v) is 5.18. The van der Waals surface area contributed by atoms with Gasteiger partial charge in [0.15, 0.2) is 5.96 Å². The highest BCUT2D eigenvalue weighted by molar-refractivity contribution is 7.15. The smallest absolute Gasteiger partial charge is 0.191 e. The monoisotopic (exact) mass is 340 g/mol. The highest BCUT2D eigenvalue weighted by Crippen LogP contribution is 2.28. The van der Waals surface area contributed by atoms with Crippen LogP contribution in [-0.4, -0.2) is 23.5 Å². The lowest BCUT2D eigenvalue weighted by atomic mass is 10.2. The molecule has 126 valence electrons. The zero-order chi connectivity index (χ0) is 16.8. The van der Waals surface area contributed by atoms with Crippen molar-refractivity contribution in [3.8, 4) is 10.6 Å². The third-order valence-electron chi connectivity index (χ3n) is 3.99. The lowest BCUT2D eigenvalue weighted by Gasteiger charge is -2.16. The molecule has 1 aliphatic rings. The van der Waals surface area contributed by atoms with Gasteiger partial charge < -0.3 is 10.6 Å². The van der Waals surface area contributed by atoms with Gasteiger partial charge in [0, 0.05) is 23.0 Å². The molecule has 0 saturated carbocycles. The highest BCUT2D eigenvalue weighted by Gasteiger charge is 2.13.